The monoisotopic (exact) mass is 530 g/mol. The maximum absolute atomic E-state index is 13.1. The molecule has 11 heteroatoms. The lowest BCUT2D eigenvalue weighted by atomic mass is 10.2. The highest BCUT2D eigenvalue weighted by Gasteiger charge is 2.22. The van der Waals surface area contributed by atoms with Gasteiger partial charge >= 0.3 is 11.7 Å². The highest BCUT2D eigenvalue weighted by Crippen LogP contribution is 2.29. The Morgan fingerprint density at radius 1 is 1.26 bits per heavy atom. The number of ether oxygens (including phenoxy) is 2. The molecule has 3 aromatic rings. The molecule has 0 N–H and O–H groups in total. The number of carbonyl (C=O) groups is 1. The molecule has 1 aromatic heterocycles. The molecule has 34 heavy (non-hydrogen) atoms. The van der Waals surface area contributed by atoms with E-state index in [2.05, 4.69) is 26.0 Å². The van der Waals surface area contributed by atoms with Gasteiger partial charge in [0.15, 0.2) is 11.9 Å². The number of hydrogen-bond acceptors (Lipinski definition) is 8. The number of halogens is 1. The number of esters is 1. The largest absolute Gasteiger partial charge is 0.472 e. The van der Waals surface area contributed by atoms with E-state index in [9.17, 15) is 19.7 Å². The molecule has 0 saturated carbocycles. The van der Waals surface area contributed by atoms with Crippen LogP contribution >= 0.6 is 15.9 Å². The third kappa shape index (κ3) is 5.48. The number of rotatable bonds is 8. The van der Waals surface area contributed by atoms with Gasteiger partial charge in [0, 0.05) is 22.0 Å². The third-order valence-electron chi connectivity index (χ3n) is 4.77. The first-order chi connectivity index (χ1) is 16.1. The highest BCUT2D eigenvalue weighted by atomic mass is 79.9. The molecule has 1 atom stereocenters. The number of nitrogens with zero attached hydrogens (tertiary/aromatic N) is 4. The lowest BCUT2D eigenvalue weighted by Crippen LogP contribution is -2.26. The summed E-state index contributed by atoms with van der Waals surface area (Å²) in [6, 6.07) is 9.38. The van der Waals surface area contributed by atoms with Crippen molar-refractivity contribution in [1.82, 2.24) is 9.66 Å². The Morgan fingerprint density at radius 2 is 2.00 bits per heavy atom. The van der Waals surface area contributed by atoms with Crippen LogP contribution in [0.4, 0.5) is 5.69 Å². The topological polar surface area (TPSA) is 126 Å². The zero-order chi connectivity index (χ0) is 25.0. The second kappa shape index (κ2) is 10.6. The number of nitro groups is 1. The summed E-state index contributed by atoms with van der Waals surface area (Å²) in [5, 5.41) is 16.3. The Balaban J connectivity index is 2.01. The molecule has 0 spiro atoms. The van der Waals surface area contributed by atoms with E-state index >= 15 is 0 Å². The van der Waals surface area contributed by atoms with E-state index in [1.807, 2.05) is 13.8 Å². The van der Waals surface area contributed by atoms with Gasteiger partial charge in [-0.2, -0.15) is 9.78 Å². The van der Waals surface area contributed by atoms with E-state index in [0.29, 0.717) is 22.3 Å². The van der Waals surface area contributed by atoms with Crippen LogP contribution in [0.1, 0.15) is 45.0 Å². The molecule has 0 amide bonds. The molecule has 0 bridgehead atoms. The number of carbonyl (C=O) groups excluding carboxylic acids is 1. The minimum absolute atomic E-state index is 0.0834. The fraction of sp³-hybridized carbons (Fsp3) is 0.304. The summed E-state index contributed by atoms with van der Waals surface area (Å²) in [5.74, 6) is -0.361. The van der Waals surface area contributed by atoms with Crippen molar-refractivity contribution in [3.8, 4) is 5.75 Å². The second-order valence-electron chi connectivity index (χ2n) is 7.64. The number of benzene rings is 2. The van der Waals surface area contributed by atoms with E-state index in [-0.39, 0.29) is 29.5 Å². The summed E-state index contributed by atoms with van der Waals surface area (Å²) in [7, 11) is 0. The van der Waals surface area contributed by atoms with E-state index in [1.165, 1.54) is 36.0 Å². The minimum Gasteiger partial charge on any atom is -0.472 e. The van der Waals surface area contributed by atoms with Crippen molar-refractivity contribution in [2.75, 3.05) is 6.61 Å². The Morgan fingerprint density at radius 3 is 2.65 bits per heavy atom. The molecular formula is C23H23BrN4O6. The van der Waals surface area contributed by atoms with Crippen LogP contribution in [0.5, 0.6) is 5.75 Å². The lowest BCUT2D eigenvalue weighted by Gasteiger charge is -2.13. The predicted octanol–water partition coefficient (Wildman–Crippen LogP) is 4.40. The van der Waals surface area contributed by atoms with Gasteiger partial charge in [-0.1, -0.05) is 29.8 Å². The second-order valence-corrected chi connectivity index (χ2v) is 8.56. The maximum atomic E-state index is 13.1. The molecule has 2 aromatic carbocycles. The summed E-state index contributed by atoms with van der Waals surface area (Å²) in [4.78, 5) is 40.5. The first-order valence-corrected chi connectivity index (χ1v) is 11.3. The molecule has 0 radical (unpaired) electrons. The summed E-state index contributed by atoms with van der Waals surface area (Å²) >= 11 is 3.36. The molecule has 0 aliphatic heterocycles. The maximum Gasteiger partial charge on any atom is 0.347 e. The molecule has 1 heterocycles. The van der Waals surface area contributed by atoms with Crippen LogP contribution in [0.2, 0.25) is 0 Å². The Labute approximate surface area is 203 Å². The van der Waals surface area contributed by atoms with Gasteiger partial charge in [0.2, 0.25) is 0 Å². The van der Waals surface area contributed by atoms with Gasteiger partial charge in [-0.25, -0.2) is 9.78 Å². The van der Waals surface area contributed by atoms with Crippen LogP contribution in [-0.2, 0) is 9.53 Å². The minimum atomic E-state index is -1.02. The summed E-state index contributed by atoms with van der Waals surface area (Å²) in [6.45, 7) is 7.05. The molecule has 3 rings (SSSR count). The zero-order valence-electron chi connectivity index (χ0n) is 19.0. The van der Waals surface area contributed by atoms with Gasteiger partial charge in [-0.05, 0) is 44.2 Å². The number of nitro benzene ring substituents is 1. The molecule has 0 aliphatic carbocycles. The van der Waals surface area contributed by atoms with E-state index < -0.39 is 17.0 Å². The zero-order valence-corrected chi connectivity index (χ0v) is 20.6. The summed E-state index contributed by atoms with van der Waals surface area (Å²) in [6.07, 6.45) is 0.318. The van der Waals surface area contributed by atoms with Crippen molar-refractivity contribution in [3.63, 3.8) is 0 Å². The Kier molecular flexibility index (Phi) is 7.77. The van der Waals surface area contributed by atoms with Crippen molar-refractivity contribution >= 4 is 44.7 Å². The van der Waals surface area contributed by atoms with Crippen molar-refractivity contribution in [1.29, 1.82) is 0 Å². The van der Waals surface area contributed by atoms with Crippen LogP contribution in [0, 0.1) is 10.1 Å². The van der Waals surface area contributed by atoms with Gasteiger partial charge in [0.25, 0.3) is 5.56 Å². The molecule has 0 fully saturated rings. The SMILES string of the molecule is CCOC(=O)[C@H](C)Oc1ccc(C=Nn2c(C(C)C)nc3ccc(Br)cc3c2=O)cc1[N+](=O)[O-]. The molecule has 0 unspecified atom stereocenters. The Hall–Kier alpha value is -3.60. The van der Waals surface area contributed by atoms with Gasteiger partial charge < -0.3 is 9.47 Å². The first-order valence-electron chi connectivity index (χ1n) is 10.5. The predicted molar refractivity (Wildman–Crippen MR) is 131 cm³/mol. The molecular weight excluding hydrogens is 508 g/mol. The summed E-state index contributed by atoms with van der Waals surface area (Å²) in [5.41, 5.74) is 0.205. The first kappa shape index (κ1) is 25.0. The quantitative estimate of drug-likeness (QED) is 0.183. The van der Waals surface area contributed by atoms with Crippen LogP contribution in [-0.4, -0.2) is 39.5 Å². The average molecular weight is 531 g/mol. The fourth-order valence-electron chi connectivity index (χ4n) is 3.13. The Bertz CT molecular complexity index is 1340. The van der Waals surface area contributed by atoms with Crippen molar-refractivity contribution < 1.29 is 19.2 Å². The number of hydrogen-bond donors (Lipinski definition) is 0. The molecule has 10 nitrogen and oxygen atoms in total. The third-order valence-corrected chi connectivity index (χ3v) is 5.27. The van der Waals surface area contributed by atoms with Crippen LogP contribution in [0.15, 0.2) is 50.8 Å². The van der Waals surface area contributed by atoms with Gasteiger partial charge in [-0.3, -0.25) is 14.9 Å². The van der Waals surface area contributed by atoms with Crippen molar-refractivity contribution in [2.24, 2.45) is 5.10 Å². The molecule has 0 aliphatic rings. The van der Waals surface area contributed by atoms with Crippen LogP contribution in [0.3, 0.4) is 0 Å². The van der Waals surface area contributed by atoms with E-state index in [4.69, 9.17) is 9.47 Å². The normalized spacial score (nSPS) is 12.3. The molecule has 0 saturated heterocycles. The number of fused-ring (bicyclic) bond motifs is 1. The highest BCUT2D eigenvalue weighted by molar-refractivity contribution is 9.10. The summed E-state index contributed by atoms with van der Waals surface area (Å²) < 4.78 is 12.2. The fourth-order valence-corrected chi connectivity index (χ4v) is 3.49. The van der Waals surface area contributed by atoms with Gasteiger partial charge in [-0.15, -0.1) is 0 Å². The van der Waals surface area contributed by atoms with E-state index in [0.717, 1.165) is 4.47 Å². The van der Waals surface area contributed by atoms with E-state index in [1.54, 1.807) is 25.1 Å². The van der Waals surface area contributed by atoms with Gasteiger partial charge in [0.05, 0.1) is 28.6 Å². The van der Waals surface area contributed by atoms with Crippen molar-refractivity contribution in [2.45, 2.75) is 39.7 Å². The van der Waals surface area contributed by atoms with Crippen LogP contribution in [0.25, 0.3) is 10.9 Å². The number of aromatic nitrogens is 2. The smallest absolute Gasteiger partial charge is 0.347 e. The van der Waals surface area contributed by atoms with Crippen LogP contribution < -0.4 is 10.3 Å². The van der Waals surface area contributed by atoms with Gasteiger partial charge in [0.1, 0.15) is 5.82 Å². The molecule has 178 valence electrons. The van der Waals surface area contributed by atoms with Crippen molar-refractivity contribution in [3.05, 3.63) is 72.7 Å². The lowest BCUT2D eigenvalue weighted by molar-refractivity contribution is -0.386. The standard InChI is InChI=1S/C23H23BrN4O6/c1-5-33-23(30)14(4)34-20-9-6-15(10-19(20)28(31)32)12-25-27-21(13(2)3)26-18-8-7-16(24)11-17(18)22(27)29/h6-14H,5H2,1-4H3/t14-/m0/s1. The average Bonchev–Trinajstić information content (AvgIpc) is 2.79.